The SMILES string of the molecule is COC(=O)C[C@H](C)[C@@H]1CC[C@@H]2[C@@H]3CC[C@@H]4C[C@@H](OC(=O)CCC(=O)O)CC[C@]4(C)[C@H]3CC(=O)[C@]21C. The van der Waals surface area contributed by atoms with Gasteiger partial charge in [0.2, 0.25) is 0 Å². The highest BCUT2D eigenvalue weighted by molar-refractivity contribution is 5.87. The third kappa shape index (κ3) is 4.64. The number of methoxy groups -OCH3 is 1. The molecule has 0 aromatic carbocycles. The van der Waals surface area contributed by atoms with Crippen LogP contribution < -0.4 is 0 Å². The van der Waals surface area contributed by atoms with Gasteiger partial charge in [0.15, 0.2) is 0 Å². The molecule has 4 saturated carbocycles. The van der Waals surface area contributed by atoms with Crippen LogP contribution >= 0.6 is 0 Å². The smallest absolute Gasteiger partial charge is 0.306 e. The summed E-state index contributed by atoms with van der Waals surface area (Å²) in [5, 5.41) is 8.81. The van der Waals surface area contributed by atoms with E-state index in [1.54, 1.807) is 0 Å². The van der Waals surface area contributed by atoms with Crippen molar-refractivity contribution < 1.29 is 33.8 Å². The van der Waals surface area contributed by atoms with Crippen LogP contribution in [0.15, 0.2) is 0 Å². The van der Waals surface area contributed by atoms with E-state index in [1.165, 1.54) is 7.11 Å². The van der Waals surface area contributed by atoms with Gasteiger partial charge in [-0.2, -0.15) is 0 Å². The molecule has 0 spiro atoms. The zero-order valence-electron chi connectivity index (χ0n) is 21.7. The molecule has 9 atom stereocenters. The summed E-state index contributed by atoms with van der Waals surface area (Å²) in [7, 11) is 1.43. The van der Waals surface area contributed by atoms with E-state index in [-0.39, 0.29) is 47.6 Å². The third-order valence-corrected chi connectivity index (χ3v) is 10.8. The van der Waals surface area contributed by atoms with E-state index in [2.05, 4.69) is 20.8 Å². The maximum atomic E-state index is 13.8. The number of carboxylic acid groups (broad SMARTS) is 1. The van der Waals surface area contributed by atoms with E-state index in [0.717, 1.165) is 44.9 Å². The number of carbonyl (C=O) groups is 4. The van der Waals surface area contributed by atoms with Gasteiger partial charge in [-0.25, -0.2) is 0 Å². The predicted molar refractivity (Wildman–Crippen MR) is 128 cm³/mol. The molecule has 0 heterocycles. The van der Waals surface area contributed by atoms with Crippen LogP contribution in [0.4, 0.5) is 0 Å². The molecule has 0 amide bonds. The van der Waals surface area contributed by atoms with Crippen molar-refractivity contribution in [2.75, 3.05) is 7.11 Å². The molecule has 35 heavy (non-hydrogen) atoms. The maximum absolute atomic E-state index is 13.8. The van der Waals surface area contributed by atoms with Crippen molar-refractivity contribution in [3.8, 4) is 0 Å². The van der Waals surface area contributed by atoms with Crippen LogP contribution in [0.3, 0.4) is 0 Å². The van der Waals surface area contributed by atoms with Crippen molar-refractivity contribution in [1.29, 1.82) is 0 Å². The number of carbonyl (C=O) groups excluding carboxylic acids is 3. The average Bonchev–Trinajstić information content (AvgIpc) is 3.17. The number of rotatable bonds is 7. The molecule has 196 valence electrons. The van der Waals surface area contributed by atoms with Gasteiger partial charge in [0.1, 0.15) is 11.9 Å². The third-order valence-electron chi connectivity index (χ3n) is 10.8. The van der Waals surface area contributed by atoms with Crippen LogP contribution in [-0.4, -0.2) is 42.0 Å². The van der Waals surface area contributed by atoms with Gasteiger partial charge in [-0.1, -0.05) is 20.8 Å². The van der Waals surface area contributed by atoms with Gasteiger partial charge >= 0.3 is 17.9 Å². The number of esters is 2. The number of ketones is 1. The summed E-state index contributed by atoms with van der Waals surface area (Å²) in [6.07, 6.45) is 7.36. The topological polar surface area (TPSA) is 107 Å². The van der Waals surface area contributed by atoms with Crippen LogP contribution in [0.5, 0.6) is 0 Å². The van der Waals surface area contributed by atoms with E-state index in [9.17, 15) is 19.2 Å². The lowest BCUT2D eigenvalue weighted by atomic mass is 9.44. The predicted octanol–water partition coefficient (Wildman–Crippen LogP) is 4.80. The second-order valence-corrected chi connectivity index (χ2v) is 12.3. The number of hydrogen-bond donors (Lipinski definition) is 1. The summed E-state index contributed by atoms with van der Waals surface area (Å²) in [6.45, 7) is 6.65. The van der Waals surface area contributed by atoms with E-state index >= 15 is 0 Å². The molecule has 4 rings (SSSR count). The van der Waals surface area contributed by atoms with Crippen molar-refractivity contribution in [3.63, 3.8) is 0 Å². The fraction of sp³-hybridized carbons (Fsp3) is 0.857. The first kappa shape index (κ1) is 26.2. The molecule has 4 aliphatic carbocycles. The molecule has 4 fully saturated rings. The molecule has 0 bridgehead atoms. The lowest BCUT2D eigenvalue weighted by molar-refractivity contribution is -0.169. The molecule has 7 heteroatoms. The van der Waals surface area contributed by atoms with Gasteiger partial charge in [-0.15, -0.1) is 0 Å². The average molecular weight is 491 g/mol. The van der Waals surface area contributed by atoms with Crippen LogP contribution in [0.25, 0.3) is 0 Å². The summed E-state index contributed by atoms with van der Waals surface area (Å²) in [5.41, 5.74) is -0.283. The Hall–Kier alpha value is -1.92. The van der Waals surface area contributed by atoms with Gasteiger partial charge in [0.25, 0.3) is 0 Å². The highest BCUT2D eigenvalue weighted by Gasteiger charge is 2.64. The van der Waals surface area contributed by atoms with E-state index in [0.29, 0.717) is 42.3 Å². The Bertz CT molecular complexity index is 867. The molecule has 7 nitrogen and oxygen atoms in total. The molecule has 0 aromatic heterocycles. The van der Waals surface area contributed by atoms with Gasteiger partial charge in [0.05, 0.1) is 20.0 Å². The van der Waals surface area contributed by atoms with Crippen LogP contribution in [0.1, 0.15) is 91.4 Å². The Morgan fingerprint density at radius 1 is 1.03 bits per heavy atom. The lowest BCUT2D eigenvalue weighted by Gasteiger charge is -2.60. The zero-order chi connectivity index (χ0) is 25.5. The molecule has 0 saturated heterocycles. The monoisotopic (exact) mass is 490 g/mol. The molecular formula is C28H42O7. The quantitative estimate of drug-likeness (QED) is 0.511. The number of carboxylic acids is 1. The normalized spacial score (nSPS) is 41.2. The Kier molecular flexibility index (Phi) is 7.36. The van der Waals surface area contributed by atoms with Crippen LogP contribution in [0.2, 0.25) is 0 Å². The number of aliphatic carboxylic acids is 1. The fourth-order valence-corrected chi connectivity index (χ4v) is 8.92. The number of Topliss-reactive ketones (excluding diaryl/α,β-unsaturated/α-hetero) is 1. The lowest BCUT2D eigenvalue weighted by Crippen LogP contribution is -2.57. The second-order valence-electron chi connectivity index (χ2n) is 12.3. The molecule has 4 aliphatic rings. The van der Waals surface area contributed by atoms with E-state index in [4.69, 9.17) is 14.6 Å². The van der Waals surface area contributed by atoms with Gasteiger partial charge in [0, 0.05) is 18.3 Å². The Balaban J connectivity index is 1.45. The Morgan fingerprint density at radius 3 is 2.46 bits per heavy atom. The minimum Gasteiger partial charge on any atom is -0.481 e. The Labute approximate surface area is 208 Å². The molecule has 1 N–H and O–H groups in total. The number of ether oxygens (including phenoxy) is 2. The Morgan fingerprint density at radius 2 is 1.77 bits per heavy atom. The molecule has 0 radical (unpaired) electrons. The summed E-state index contributed by atoms with van der Waals surface area (Å²) < 4.78 is 10.6. The summed E-state index contributed by atoms with van der Waals surface area (Å²) >= 11 is 0. The van der Waals surface area contributed by atoms with Crippen molar-refractivity contribution in [2.45, 2.75) is 97.5 Å². The van der Waals surface area contributed by atoms with Gasteiger partial charge in [-0.05, 0) is 85.9 Å². The summed E-state index contributed by atoms with van der Waals surface area (Å²) in [4.78, 5) is 48.6. The highest BCUT2D eigenvalue weighted by atomic mass is 16.5. The standard InChI is InChI=1S/C28H42O7/c1-16(13-26(33)34-4)20-7-8-21-19-6-5-17-14-18(35-25(32)10-9-24(30)31)11-12-27(17,2)22(19)15-23(29)28(20,21)3/h16-22H,5-15H2,1-4H3,(H,30,31)/t16-,17+,18-,19-,20-,21+,22-,27-,28-/m0/s1. The minimum absolute atomic E-state index is 0.0690. The summed E-state index contributed by atoms with van der Waals surface area (Å²) in [6, 6.07) is 0. The van der Waals surface area contributed by atoms with Crippen molar-refractivity contribution in [2.24, 2.45) is 46.3 Å². The molecule has 0 aliphatic heterocycles. The van der Waals surface area contributed by atoms with Crippen molar-refractivity contribution in [1.82, 2.24) is 0 Å². The van der Waals surface area contributed by atoms with Crippen molar-refractivity contribution in [3.05, 3.63) is 0 Å². The molecule has 0 unspecified atom stereocenters. The van der Waals surface area contributed by atoms with E-state index in [1.807, 2.05) is 0 Å². The van der Waals surface area contributed by atoms with E-state index < -0.39 is 11.9 Å². The first-order valence-corrected chi connectivity index (χ1v) is 13.5. The minimum atomic E-state index is -0.987. The maximum Gasteiger partial charge on any atom is 0.306 e. The van der Waals surface area contributed by atoms with Crippen molar-refractivity contribution >= 4 is 23.7 Å². The fourth-order valence-electron chi connectivity index (χ4n) is 8.92. The first-order chi connectivity index (χ1) is 16.5. The largest absolute Gasteiger partial charge is 0.481 e. The number of fused-ring (bicyclic) bond motifs is 5. The van der Waals surface area contributed by atoms with Crippen LogP contribution in [0, 0.1) is 46.3 Å². The van der Waals surface area contributed by atoms with Crippen LogP contribution in [-0.2, 0) is 28.7 Å². The first-order valence-electron chi connectivity index (χ1n) is 13.5. The number of hydrogen-bond acceptors (Lipinski definition) is 6. The van der Waals surface area contributed by atoms with Gasteiger partial charge in [-0.3, -0.25) is 19.2 Å². The van der Waals surface area contributed by atoms with Gasteiger partial charge < -0.3 is 14.6 Å². The second kappa shape index (κ2) is 9.85. The zero-order valence-corrected chi connectivity index (χ0v) is 21.7. The highest BCUT2D eigenvalue weighted by Crippen LogP contribution is 2.67. The summed E-state index contributed by atoms with van der Waals surface area (Å²) in [5.74, 6) is 0.837. The molecule has 0 aromatic rings. The molecular weight excluding hydrogens is 448 g/mol.